The number of nitrogens with one attached hydrogen (secondary N) is 1. The Kier molecular flexibility index (Phi) is 41.6. The van der Waals surface area contributed by atoms with Gasteiger partial charge in [-0.2, -0.15) is 0 Å². The number of phosphoric ester groups is 1. The van der Waals surface area contributed by atoms with Gasteiger partial charge in [-0.05, 0) is 32.1 Å². The van der Waals surface area contributed by atoms with Crippen LogP contribution in [-0.4, -0.2) is 73.4 Å². The van der Waals surface area contributed by atoms with Gasteiger partial charge in [0, 0.05) is 6.42 Å². The number of carbonyl (C=O) groups is 1. The lowest BCUT2D eigenvalue weighted by Gasteiger charge is -2.25. The second kappa shape index (κ2) is 42.3. The average Bonchev–Trinajstić information content (AvgIpc) is 3.19. The van der Waals surface area contributed by atoms with E-state index in [1.54, 1.807) is 6.08 Å². The zero-order valence-corrected chi connectivity index (χ0v) is 40.7. The predicted octanol–water partition coefficient (Wildman–Crippen LogP) is 14.5. The molecule has 0 spiro atoms. The third kappa shape index (κ3) is 44.8. The summed E-state index contributed by atoms with van der Waals surface area (Å²) in [6.07, 6.45) is 51.5. The molecule has 0 saturated heterocycles. The first-order valence-corrected chi connectivity index (χ1v) is 26.7. The minimum Gasteiger partial charge on any atom is -0.387 e. The van der Waals surface area contributed by atoms with Crippen LogP contribution in [0.25, 0.3) is 0 Å². The van der Waals surface area contributed by atoms with Crippen molar-refractivity contribution in [2.24, 2.45) is 0 Å². The van der Waals surface area contributed by atoms with Gasteiger partial charge in [0.15, 0.2) is 0 Å². The lowest BCUT2D eigenvalue weighted by Crippen LogP contribution is -2.45. The second-order valence-electron chi connectivity index (χ2n) is 18.5. The van der Waals surface area contributed by atoms with Crippen molar-refractivity contribution >= 4 is 13.7 Å². The number of aliphatic hydroxyl groups is 1. The third-order valence-electron chi connectivity index (χ3n) is 11.4. The molecule has 3 unspecified atom stereocenters. The summed E-state index contributed by atoms with van der Waals surface area (Å²) >= 11 is 0. The van der Waals surface area contributed by atoms with Crippen LogP contribution in [0.4, 0.5) is 0 Å². The van der Waals surface area contributed by atoms with Gasteiger partial charge in [-0.25, -0.2) is 4.57 Å². The Balaban J connectivity index is 4.14. The Bertz CT molecular complexity index is 1020. The number of quaternary nitrogens is 1. The molecule has 0 aromatic heterocycles. The Hall–Kier alpha value is -1.02. The molecule has 8 nitrogen and oxygen atoms in total. The van der Waals surface area contributed by atoms with Crippen LogP contribution in [0.2, 0.25) is 0 Å². The van der Waals surface area contributed by atoms with Gasteiger partial charge in [0.25, 0.3) is 0 Å². The van der Waals surface area contributed by atoms with Crippen LogP contribution in [0.5, 0.6) is 0 Å². The van der Waals surface area contributed by atoms with E-state index in [1.165, 1.54) is 180 Å². The molecule has 0 rings (SSSR count). The lowest BCUT2D eigenvalue weighted by molar-refractivity contribution is -0.870. The zero-order valence-electron chi connectivity index (χ0n) is 39.8. The minimum absolute atomic E-state index is 0.0580. The number of phosphoric acid groups is 1. The van der Waals surface area contributed by atoms with Gasteiger partial charge in [-0.1, -0.05) is 224 Å². The van der Waals surface area contributed by atoms with E-state index in [9.17, 15) is 19.4 Å². The van der Waals surface area contributed by atoms with E-state index in [-0.39, 0.29) is 19.1 Å². The van der Waals surface area contributed by atoms with Gasteiger partial charge in [0.1, 0.15) is 13.2 Å². The number of allylic oxidation sites excluding steroid dienone is 3. The molecular weight excluding hydrogens is 756 g/mol. The average molecular weight is 856 g/mol. The molecule has 0 aliphatic carbocycles. The quantitative estimate of drug-likeness (QED) is 0.0244. The Morgan fingerprint density at radius 3 is 1.36 bits per heavy atom. The molecule has 0 heterocycles. The van der Waals surface area contributed by atoms with E-state index >= 15 is 0 Å². The number of amides is 1. The minimum atomic E-state index is -4.34. The van der Waals surface area contributed by atoms with E-state index < -0.39 is 20.0 Å². The van der Waals surface area contributed by atoms with Crippen LogP contribution in [0.15, 0.2) is 24.3 Å². The van der Waals surface area contributed by atoms with Gasteiger partial charge >= 0.3 is 7.82 Å². The van der Waals surface area contributed by atoms with Gasteiger partial charge in [-0.3, -0.25) is 13.8 Å². The van der Waals surface area contributed by atoms with Crippen molar-refractivity contribution < 1.29 is 32.9 Å². The van der Waals surface area contributed by atoms with Crippen LogP contribution in [-0.2, 0) is 18.4 Å². The lowest BCUT2D eigenvalue weighted by atomic mass is 10.0. The highest BCUT2D eigenvalue weighted by molar-refractivity contribution is 7.47. The first-order chi connectivity index (χ1) is 28.5. The fourth-order valence-electron chi connectivity index (χ4n) is 7.41. The highest BCUT2D eigenvalue weighted by Gasteiger charge is 2.27. The number of carbonyl (C=O) groups excluding carboxylic acids is 1. The summed E-state index contributed by atoms with van der Waals surface area (Å²) in [6.45, 7) is 4.78. The number of unbranched alkanes of at least 4 members (excludes halogenated alkanes) is 31. The zero-order chi connectivity index (χ0) is 43.6. The Labute approximate surface area is 366 Å². The molecule has 0 radical (unpaired) electrons. The van der Waals surface area contributed by atoms with E-state index in [0.29, 0.717) is 17.4 Å². The van der Waals surface area contributed by atoms with Crippen LogP contribution in [0.3, 0.4) is 0 Å². The molecule has 1 amide bonds. The van der Waals surface area contributed by atoms with Crippen LogP contribution in [0.1, 0.15) is 239 Å². The molecule has 0 fully saturated rings. The van der Waals surface area contributed by atoms with Crippen molar-refractivity contribution in [1.29, 1.82) is 0 Å². The van der Waals surface area contributed by atoms with E-state index in [0.717, 1.165) is 38.5 Å². The first-order valence-electron chi connectivity index (χ1n) is 25.2. The number of aliphatic hydroxyl groups excluding tert-OH is 1. The predicted molar refractivity (Wildman–Crippen MR) is 254 cm³/mol. The van der Waals surface area contributed by atoms with Crippen molar-refractivity contribution in [3.8, 4) is 0 Å². The summed E-state index contributed by atoms with van der Waals surface area (Å²) < 4.78 is 23.5. The van der Waals surface area contributed by atoms with Crippen molar-refractivity contribution in [2.75, 3.05) is 40.9 Å². The van der Waals surface area contributed by atoms with Crippen LogP contribution in [0, 0.1) is 0 Å². The van der Waals surface area contributed by atoms with Gasteiger partial charge in [0.05, 0.1) is 39.9 Å². The third-order valence-corrected chi connectivity index (χ3v) is 12.4. The summed E-state index contributed by atoms with van der Waals surface area (Å²) in [7, 11) is 1.56. The van der Waals surface area contributed by atoms with Crippen LogP contribution < -0.4 is 5.32 Å². The summed E-state index contributed by atoms with van der Waals surface area (Å²) in [6, 6.07) is -0.857. The number of hydrogen-bond donors (Lipinski definition) is 3. The SMILES string of the molecule is CCCCCCCCCCCCCCCCCCCCCCCC/C=C/CC/C=C/C(O)C(COP(=O)(O)OCC[N+](C)(C)C)NC(=O)CCCCCCCCCCC. The van der Waals surface area contributed by atoms with Gasteiger partial charge in [0.2, 0.25) is 5.91 Å². The highest BCUT2D eigenvalue weighted by atomic mass is 31.2. The monoisotopic (exact) mass is 856 g/mol. The maximum absolute atomic E-state index is 12.8. The second-order valence-corrected chi connectivity index (χ2v) is 20.0. The molecular formula is C50H100N2O6P+. The van der Waals surface area contributed by atoms with Crippen molar-refractivity contribution in [1.82, 2.24) is 5.32 Å². The molecule has 0 aliphatic rings. The topological polar surface area (TPSA) is 105 Å². The number of likely N-dealkylation sites (N-methyl/N-ethyl adjacent to an activating group) is 1. The number of nitrogens with zero attached hydrogens (tertiary/aromatic N) is 1. The number of rotatable bonds is 46. The molecule has 3 atom stereocenters. The standard InChI is InChI=1S/C50H99N2O6P/c1-6-8-10-12-14-16-17-18-19-20-21-22-23-24-25-26-27-28-29-30-31-32-33-34-36-37-39-41-43-49(53)48(47-58-59(55,56)57-46-45-52(3,4)5)51-50(54)44-42-40-38-35-15-13-11-9-7-2/h34,36,41,43,48-49,53H,6-33,35,37-40,42,44-47H2,1-5H3,(H-,51,54,55,56)/p+1/b36-34+,43-41+. The molecule has 0 bridgehead atoms. The molecule has 0 aliphatic heterocycles. The molecule has 0 saturated carbocycles. The molecule has 59 heavy (non-hydrogen) atoms. The molecule has 350 valence electrons. The smallest absolute Gasteiger partial charge is 0.387 e. The molecule has 0 aromatic rings. The van der Waals surface area contributed by atoms with E-state index in [4.69, 9.17) is 9.05 Å². The largest absolute Gasteiger partial charge is 0.472 e. The summed E-state index contributed by atoms with van der Waals surface area (Å²) in [5, 5.41) is 13.8. The Morgan fingerprint density at radius 1 is 0.559 bits per heavy atom. The first kappa shape index (κ1) is 58.0. The van der Waals surface area contributed by atoms with Crippen molar-refractivity contribution in [3.05, 3.63) is 24.3 Å². The summed E-state index contributed by atoms with van der Waals surface area (Å²) in [5.41, 5.74) is 0. The molecule has 9 heteroatoms. The molecule has 0 aromatic carbocycles. The number of hydrogen-bond acceptors (Lipinski definition) is 5. The van der Waals surface area contributed by atoms with E-state index in [2.05, 4.69) is 31.3 Å². The summed E-state index contributed by atoms with van der Waals surface area (Å²) in [5.74, 6) is -0.189. The fraction of sp³-hybridized carbons (Fsp3) is 0.900. The normalized spacial score (nSPS) is 14.4. The Morgan fingerprint density at radius 2 is 0.932 bits per heavy atom. The van der Waals surface area contributed by atoms with Crippen molar-refractivity contribution in [3.63, 3.8) is 0 Å². The van der Waals surface area contributed by atoms with Gasteiger partial charge < -0.3 is 19.8 Å². The molecule has 3 N–H and O–H groups in total. The van der Waals surface area contributed by atoms with Crippen LogP contribution >= 0.6 is 7.82 Å². The maximum Gasteiger partial charge on any atom is 0.472 e. The fourth-order valence-corrected chi connectivity index (χ4v) is 8.15. The van der Waals surface area contributed by atoms with Crippen molar-refractivity contribution in [2.45, 2.75) is 251 Å². The highest BCUT2D eigenvalue weighted by Crippen LogP contribution is 2.43. The van der Waals surface area contributed by atoms with Gasteiger partial charge in [-0.15, -0.1) is 0 Å². The van der Waals surface area contributed by atoms with E-state index in [1.807, 2.05) is 27.2 Å². The summed E-state index contributed by atoms with van der Waals surface area (Å²) in [4.78, 5) is 23.0. The maximum atomic E-state index is 12.8.